The van der Waals surface area contributed by atoms with E-state index in [1.54, 1.807) is 23.4 Å². The fourth-order valence-corrected chi connectivity index (χ4v) is 3.64. The highest BCUT2D eigenvalue weighted by molar-refractivity contribution is 6.13. The van der Waals surface area contributed by atoms with Gasteiger partial charge in [-0.2, -0.15) is 5.10 Å². The van der Waals surface area contributed by atoms with Crippen molar-refractivity contribution in [1.29, 1.82) is 0 Å². The molecule has 1 amide bonds. The molecule has 0 radical (unpaired) electrons. The Balaban J connectivity index is 1.47. The molecule has 7 heteroatoms. The first-order valence-corrected chi connectivity index (χ1v) is 10.2. The summed E-state index contributed by atoms with van der Waals surface area (Å²) in [5.41, 5.74) is 5.86. The van der Waals surface area contributed by atoms with Gasteiger partial charge in [-0.05, 0) is 48.4 Å². The van der Waals surface area contributed by atoms with Crippen molar-refractivity contribution < 1.29 is 4.79 Å². The zero-order chi connectivity index (χ0) is 21.9. The number of rotatable bonds is 5. The van der Waals surface area contributed by atoms with Gasteiger partial charge in [0, 0.05) is 29.0 Å². The zero-order valence-electron chi connectivity index (χ0n) is 17.4. The van der Waals surface area contributed by atoms with Gasteiger partial charge in [0.05, 0.1) is 23.3 Å². The minimum Gasteiger partial charge on any atom is -0.322 e. The number of benzene rings is 2. The fraction of sp³-hybridized carbons (Fsp3) is 0.0800. The van der Waals surface area contributed by atoms with Crippen LogP contribution in [0.3, 0.4) is 0 Å². The molecule has 5 aromatic rings. The summed E-state index contributed by atoms with van der Waals surface area (Å²) in [7, 11) is 0. The van der Waals surface area contributed by atoms with E-state index in [1.165, 1.54) is 6.33 Å². The molecule has 0 bridgehead atoms. The molecule has 0 saturated heterocycles. The number of carbonyl (C=O) groups excluding carboxylic acids is 1. The molecule has 5 rings (SSSR count). The maximum atomic E-state index is 13.3. The number of hydrogen-bond donors (Lipinski definition) is 1. The van der Waals surface area contributed by atoms with E-state index in [0.717, 1.165) is 39.0 Å². The number of amides is 1. The highest BCUT2D eigenvalue weighted by Crippen LogP contribution is 2.27. The molecule has 156 valence electrons. The maximum Gasteiger partial charge on any atom is 0.256 e. The number of para-hydroxylation sites is 1. The molecule has 32 heavy (non-hydrogen) atoms. The van der Waals surface area contributed by atoms with Crippen LogP contribution in [0, 0.1) is 6.92 Å². The van der Waals surface area contributed by atoms with Gasteiger partial charge in [0.2, 0.25) is 0 Å². The number of nitrogens with zero attached hydrogens (tertiary/aromatic N) is 5. The largest absolute Gasteiger partial charge is 0.322 e. The van der Waals surface area contributed by atoms with Gasteiger partial charge < -0.3 is 5.32 Å². The van der Waals surface area contributed by atoms with Gasteiger partial charge in [-0.1, -0.05) is 30.3 Å². The summed E-state index contributed by atoms with van der Waals surface area (Å²) in [6.07, 6.45) is 6.63. The Morgan fingerprint density at radius 3 is 2.56 bits per heavy atom. The van der Waals surface area contributed by atoms with Crippen LogP contribution in [0.15, 0.2) is 85.7 Å². The quantitative estimate of drug-likeness (QED) is 0.453. The van der Waals surface area contributed by atoms with E-state index in [-0.39, 0.29) is 5.91 Å². The molecule has 0 saturated carbocycles. The summed E-state index contributed by atoms with van der Waals surface area (Å²) in [5.74, 6) is -0.178. The number of nitrogens with one attached hydrogen (secondary N) is 1. The van der Waals surface area contributed by atoms with Gasteiger partial charge in [0.15, 0.2) is 0 Å². The van der Waals surface area contributed by atoms with Gasteiger partial charge in [-0.25, -0.2) is 14.6 Å². The lowest BCUT2D eigenvalue weighted by Crippen LogP contribution is -2.13. The van der Waals surface area contributed by atoms with Crippen molar-refractivity contribution in [3.63, 3.8) is 0 Å². The SMILES string of the molecule is Cc1cccc2c(C(=O)Nc3ccc(Cn4cncn4)cc3)cc(-c3ccncc3)nc12. The lowest BCUT2D eigenvalue weighted by Gasteiger charge is -2.12. The third kappa shape index (κ3) is 3.96. The van der Waals surface area contributed by atoms with Crippen LogP contribution in [0.2, 0.25) is 0 Å². The molecule has 0 unspecified atom stereocenters. The highest BCUT2D eigenvalue weighted by Gasteiger charge is 2.15. The molecule has 0 atom stereocenters. The predicted molar refractivity (Wildman–Crippen MR) is 123 cm³/mol. The van der Waals surface area contributed by atoms with Gasteiger partial charge in [0.25, 0.3) is 5.91 Å². The molecular formula is C25H20N6O. The summed E-state index contributed by atoms with van der Waals surface area (Å²) in [6, 6.07) is 19.2. The van der Waals surface area contributed by atoms with E-state index in [0.29, 0.717) is 12.1 Å². The lowest BCUT2D eigenvalue weighted by molar-refractivity contribution is 0.102. The monoisotopic (exact) mass is 420 g/mol. The van der Waals surface area contributed by atoms with Gasteiger partial charge in [-0.3, -0.25) is 9.78 Å². The molecule has 0 aliphatic rings. The van der Waals surface area contributed by atoms with E-state index < -0.39 is 0 Å². The highest BCUT2D eigenvalue weighted by atomic mass is 16.1. The molecule has 0 aliphatic heterocycles. The zero-order valence-corrected chi connectivity index (χ0v) is 17.4. The number of carbonyl (C=O) groups is 1. The van der Waals surface area contributed by atoms with E-state index in [9.17, 15) is 4.79 Å². The number of hydrogen-bond acceptors (Lipinski definition) is 5. The first-order chi connectivity index (χ1) is 15.7. The van der Waals surface area contributed by atoms with Crippen molar-refractivity contribution in [1.82, 2.24) is 24.7 Å². The van der Waals surface area contributed by atoms with Crippen molar-refractivity contribution in [2.75, 3.05) is 5.32 Å². The molecule has 3 heterocycles. The van der Waals surface area contributed by atoms with Crippen molar-refractivity contribution in [3.8, 4) is 11.3 Å². The van der Waals surface area contributed by atoms with Gasteiger partial charge >= 0.3 is 0 Å². The number of fused-ring (bicyclic) bond motifs is 1. The van der Waals surface area contributed by atoms with E-state index in [4.69, 9.17) is 4.98 Å². The first-order valence-electron chi connectivity index (χ1n) is 10.2. The normalized spacial score (nSPS) is 10.9. The Morgan fingerprint density at radius 2 is 1.81 bits per heavy atom. The Morgan fingerprint density at radius 1 is 1.00 bits per heavy atom. The summed E-state index contributed by atoms with van der Waals surface area (Å²) >= 11 is 0. The molecule has 0 aliphatic carbocycles. The minimum absolute atomic E-state index is 0.178. The average Bonchev–Trinajstić information content (AvgIpc) is 3.34. The van der Waals surface area contributed by atoms with Gasteiger partial charge in [0.1, 0.15) is 12.7 Å². The van der Waals surface area contributed by atoms with Crippen LogP contribution in [-0.2, 0) is 6.54 Å². The Kier molecular flexibility index (Phi) is 5.13. The Hall–Kier alpha value is -4.39. The van der Waals surface area contributed by atoms with Crippen LogP contribution in [0.25, 0.3) is 22.2 Å². The number of anilines is 1. The number of aromatic nitrogens is 5. The van der Waals surface area contributed by atoms with Crippen molar-refractivity contribution >= 4 is 22.5 Å². The molecule has 1 N–H and O–H groups in total. The number of pyridine rings is 2. The summed E-state index contributed by atoms with van der Waals surface area (Å²) in [4.78, 5) is 26.1. The van der Waals surface area contributed by atoms with E-state index in [1.807, 2.05) is 67.6 Å². The second-order valence-electron chi connectivity index (χ2n) is 7.51. The molecule has 0 fully saturated rings. The predicted octanol–water partition coefficient (Wildman–Crippen LogP) is 4.50. The Labute approximate surface area is 184 Å². The van der Waals surface area contributed by atoms with Gasteiger partial charge in [-0.15, -0.1) is 0 Å². The summed E-state index contributed by atoms with van der Waals surface area (Å²) in [6.45, 7) is 2.62. The standard InChI is InChI=1S/C25H20N6O/c1-17-3-2-4-21-22(13-23(30-24(17)21)19-9-11-26-12-10-19)25(32)29-20-7-5-18(6-8-20)14-31-16-27-15-28-31/h2-13,15-16H,14H2,1H3,(H,29,32). The molecule has 7 nitrogen and oxygen atoms in total. The summed E-state index contributed by atoms with van der Waals surface area (Å²) < 4.78 is 1.75. The minimum atomic E-state index is -0.178. The number of aryl methyl sites for hydroxylation is 1. The van der Waals surface area contributed by atoms with Crippen molar-refractivity contribution in [2.45, 2.75) is 13.5 Å². The Bertz CT molecular complexity index is 1380. The van der Waals surface area contributed by atoms with Crippen LogP contribution < -0.4 is 5.32 Å². The third-order valence-electron chi connectivity index (χ3n) is 5.28. The second kappa shape index (κ2) is 8.39. The van der Waals surface area contributed by atoms with Crippen LogP contribution in [-0.4, -0.2) is 30.6 Å². The van der Waals surface area contributed by atoms with Crippen molar-refractivity contribution in [3.05, 3.63) is 102 Å². The topological polar surface area (TPSA) is 85.6 Å². The molecule has 2 aromatic carbocycles. The maximum absolute atomic E-state index is 13.3. The molecule has 3 aromatic heterocycles. The van der Waals surface area contributed by atoms with Crippen LogP contribution >= 0.6 is 0 Å². The summed E-state index contributed by atoms with van der Waals surface area (Å²) in [5, 5.41) is 7.96. The van der Waals surface area contributed by atoms with Crippen molar-refractivity contribution in [2.24, 2.45) is 0 Å². The van der Waals surface area contributed by atoms with E-state index >= 15 is 0 Å². The molecule has 0 spiro atoms. The van der Waals surface area contributed by atoms with E-state index in [2.05, 4.69) is 20.4 Å². The smallest absolute Gasteiger partial charge is 0.256 e. The van der Waals surface area contributed by atoms with Crippen LogP contribution in [0.4, 0.5) is 5.69 Å². The second-order valence-corrected chi connectivity index (χ2v) is 7.51. The van der Waals surface area contributed by atoms with Crippen LogP contribution in [0.5, 0.6) is 0 Å². The molecular weight excluding hydrogens is 400 g/mol. The third-order valence-corrected chi connectivity index (χ3v) is 5.28. The lowest BCUT2D eigenvalue weighted by atomic mass is 10.0. The average molecular weight is 420 g/mol. The first kappa shape index (κ1) is 19.6. The fourth-order valence-electron chi connectivity index (χ4n) is 3.64. The van der Waals surface area contributed by atoms with Crippen LogP contribution in [0.1, 0.15) is 21.5 Å².